The van der Waals surface area contributed by atoms with Crippen LogP contribution in [0, 0.1) is 0 Å². The maximum Gasteiger partial charge on any atom is 0.407 e. The summed E-state index contributed by atoms with van der Waals surface area (Å²) in [5, 5.41) is 6.25. The van der Waals surface area contributed by atoms with E-state index in [1.807, 2.05) is 45.0 Å². The molecule has 0 saturated carbocycles. The summed E-state index contributed by atoms with van der Waals surface area (Å²) in [7, 11) is 0. The number of nitrogens with one attached hydrogen (secondary N) is 2. The van der Waals surface area contributed by atoms with Crippen LogP contribution in [0.25, 0.3) is 0 Å². The Hall–Kier alpha value is -1.75. The number of carbonyl (C=O) groups excluding carboxylic acids is 1. The van der Waals surface area contributed by atoms with Crippen LogP contribution in [0.15, 0.2) is 24.3 Å². The summed E-state index contributed by atoms with van der Waals surface area (Å²) >= 11 is 0. The summed E-state index contributed by atoms with van der Waals surface area (Å²) in [5.74, 6) is 0.239. The number of hydrogen-bond acceptors (Lipinski definition) is 4. The summed E-state index contributed by atoms with van der Waals surface area (Å²) in [6, 6.07) is 7.83. The second kappa shape index (κ2) is 5.71. The van der Waals surface area contributed by atoms with Crippen LogP contribution in [0.5, 0.6) is 0 Å². The highest BCUT2D eigenvalue weighted by Gasteiger charge is 2.30. The molecule has 4 N–H and O–H groups in total. The molecule has 0 spiro atoms. The Morgan fingerprint density at radius 2 is 1.95 bits per heavy atom. The van der Waals surface area contributed by atoms with Gasteiger partial charge in [0, 0.05) is 24.7 Å². The monoisotopic (exact) mass is 277 g/mol. The fourth-order valence-corrected chi connectivity index (χ4v) is 2.38. The van der Waals surface area contributed by atoms with Crippen LogP contribution in [0.4, 0.5) is 10.5 Å². The van der Waals surface area contributed by atoms with E-state index in [4.69, 9.17) is 10.5 Å². The molecule has 5 nitrogen and oxygen atoms in total. The van der Waals surface area contributed by atoms with Gasteiger partial charge in [0.25, 0.3) is 0 Å². The molecule has 1 aliphatic rings. The van der Waals surface area contributed by atoms with Gasteiger partial charge in [0.1, 0.15) is 5.60 Å². The number of amides is 1. The quantitative estimate of drug-likeness (QED) is 0.721. The standard InChI is InChI=1S/C15H23N3O2/c1-15(2,3)20-14(19)18-13-9-17-8-12(13)10-4-6-11(16)7-5-10/h4-7,12-13,17H,8-9,16H2,1-3H3,(H,18,19). The van der Waals surface area contributed by atoms with Gasteiger partial charge in [0.15, 0.2) is 0 Å². The molecule has 0 aromatic heterocycles. The van der Waals surface area contributed by atoms with Gasteiger partial charge >= 0.3 is 6.09 Å². The van der Waals surface area contributed by atoms with E-state index < -0.39 is 5.60 Å². The van der Waals surface area contributed by atoms with Crippen molar-refractivity contribution in [2.24, 2.45) is 0 Å². The van der Waals surface area contributed by atoms with Crippen molar-refractivity contribution in [2.75, 3.05) is 18.8 Å². The first-order valence-electron chi connectivity index (χ1n) is 6.91. The number of rotatable bonds is 2. The smallest absolute Gasteiger partial charge is 0.407 e. The average Bonchev–Trinajstić information content (AvgIpc) is 2.75. The number of benzene rings is 1. The first kappa shape index (κ1) is 14.7. The van der Waals surface area contributed by atoms with Crippen LogP contribution in [-0.2, 0) is 4.74 Å². The van der Waals surface area contributed by atoms with Crippen molar-refractivity contribution >= 4 is 11.8 Å². The Kier molecular flexibility index (Phi) is 4.18. The summed E-state index contributed by atoms with van der Waals surface area (Å²) in [5.41, 5.74) is 7.14. The molecular formula is C15H23N3O2. The summed E-state index contributed by atoms with van der Waals surface area (Å²) in [4.78, 5) is 11.9. The Bertz CT molecular complexity index is 465. The molecule has 1 heterocycles. The van der Waals surface area contributed by atoms with Crippen LogP contribution in [-0.4, -0.2) is 30.8 Å². The number of nitrogen functional groups attached to an aromatic ring is 1. The molecule has 110 valence electrons. The molecule has 2 unspecified atom stereocenters. The highest BCUT2D eigenvalue weighted by Crippen LogP contribution is 2.24. The van der Waals surface area contributed by atoms with Crippen LogP contribution in [0.3, 0.4) is 0 Å². The van der Waals surface area contributed by atoms with Gasteiger partial charge in [0.2, 0.25) is 0 Å². The van der Waals surface area contributed by atoms with Crippen molar-refractivity contribution in [3.63, 3.8) is 0 Å². The zero-order valence-electron chi connectivity index (χ0n) is 12.3. The highest BCUT2D eigenvalue weighted by atomic mass is 16.6. The third kappa shape index (κ3) is 3.87. The molecule has 1 aliphatic heterocycles. The lowest BCUT2D eigenvalue weighted by molar-refractivity contribution is 0.0504. The van der Waals surface area contributed by atoms with Crippen molar-refractivity contribution in [1.82, 2.24) is 10.6 Å². The number of hydrogen-bond donors (Lipinski definition) is 3. The van der Waals surface area contributed by atoms with Gasteiger partial charge in [-0.3, -0.25) is 0 Å². The molecule has 1 saturated heterocycles. The Morgan fingerprint density at radius 1 is 1.30 bits per heavy atom. The van der Waals surface area contributed by atoms with Gasteiger partial charge in [-0.25, -0.2) is 4.79 Å². The predicted octanol–water partition coefficient (Wildman–Crippen LogP) is 1.85. The SMILES string of the molecule is CC(C)(C)OC(=O)NC1CNCC1c1ccc(N)cc1. The minimum Gasteiger partial charge on any atom is -0.444 e. The maximum absolute atomic E-state index is 11.9. The number of nitrogens with two attached hydrogens (primary N) is 1. The van der Waals surface area contributed by atoms with E-state index in [0.717, 1.165) is 18.8 Å². The first-order chi connectivity index (χ1) is 9.35. The second-order valence-electron chi connectivity index (χ2n) is 6.18. The molecule has 2 rings (SSSR count). The molecule has 5 heteroatoms. The molecule has 1 amide bonds. The van der Waals surface area contributed by atoms with Gasteiger partial charge in [-0.1, -0.05) is 12.1 Å². The molecule has 0 bridgehead atoms. The van der Waals surface area contributed by atoms with Crippen molar-refractivity contribution in [3.05, 3.63) is 29.8 Å². The normalized spacial score (nSPS) is 22.6. The van der Waals surface area contributed by atoms with E-state index in [2.05, 4.69) is 10.6 Å². The van der Waals surface area contributed by atoms with Gasteiger partial charge in [-0.05, 0) is 38.5 Å². The zero-order chi connectivity index (χ0) is 14.8. The van der Waals surface area contributed by atoms with Crippen molar-refractivity contribution in [2.45, 2.75) is 38.3 Å². The van der Waals surface area contributed by atoms with E-state index in [1.54, 1.807) is 0 Å². The van der Waals surface area contributed by atoms with Crippen LogP contribution < -0.4 is 16.4 Å². The Balaban J connectivity index is 2.00. The summed E-state index contributed by atoms with van der Waals surface area (Å²) < 4.78 is 5.31. The van der Waals surface area contributed by atoms with E-state index in [1.165, 1.54) is 5.56 Å². The van der Waals surface area contributed by atoms with Gasteiger partial charge in [-0.15, -0.1) is 0 Å². The van der Waals surface area contributed by atoms with Gasteiger partial charge in [0.05, 0.1) is 6.04 Å². The molecule has 20 heavy (non-hydrogen) atoms. The predicted molar refractivity (Wildman–Crippen MR) is 79.6 cm³/mol. The lowest BCUT2D eigenvalue weighted by Crippen LogP contribution is -2.42. The topological polar surface area (TPSA) is 76.4 Å². The molecule has 1 aromatic rings. The number of ether oxygens (including phenoxy) is 1. The Morgan fingerprint density at radius 3 is 2.55 bits per heavy atom. The molecule has 0 radical (unpaired) electrons. The van der Waals surface area contributed by atoms with Crippen molar-refractivity contribution < 1.29 is 9.53 Å². The molecular weight excluding hydrogens is 254 g/mol. The summed E-state index contributed by atoms with van der Waals surface area (Å²) in [6.45, 7) is 7.16. The van der Waals surface area contributed by atoms with Crippen LogP contribution in [0.2, 0.25) is 0 Å². The lowest BCUT2D eigenvalue weighted by atomic mass is 9.94. The molecule has 2 atom stereocenters. The zero-order valence-corrected chi connectivity index (χ0v) is 12.3. The number of anilines is 1. The highest BCUT2D eigenvalue weighted by molar-refractivity contribution is 5.68. The average molecular weight is 277 g/mol. The van der Waals surface area contributed by atoms with Gasteiger partial charge in [-0.2, -0.15) is 0 Å². The fraction of sp³-hybridized carbons (Fsp3) is 0.533. The van der Waals surface area contributed by atoms with Crippen molar-refractivity contribution in [1.29, 1.82) is 0 Å². The molecule has 0 aliphatic carbocycles. The van der Waals surface area contributed by atoms with E-state index >= 15 is 0 Å². The lowest BCUT2D eigenvalue weighted by Gasteiger charge is -2.24. The molecule has 1 aromatic carbocycles. The van der Waals surface area contributed by atoms with Crippen molar-refractivity contribution in [3.8, 4) is 0 Å². The van der Waals surface area contributed by atoms with Crippen LogP contribution >= 0.6 is 0 Å². The Labute approximate surface area is 119 Å². The minimum atomic E-state index is -0.479. The minimum absolute atomic E-state index is 0.0356. The fourth-order valence-electron chi connectivity index (χ4n) is 2.38. The third-order valence-electron chi connectivity index (χ3n) is 3.28. The third-order valence-corrected chi connectivity index (χ3v) is 3.28. The van der Waals surface area contributed by atoms with E-state index in [9.17, 15) is 4.79 Å². The van der Waals surface area contributed by atoms with Gasteiger partial charge < -0.3 is 21.1 Å². The second-order valence-corrected chi connectivity index (χ2v) is 6.18. The van der Waals surface area contributed by atoms with E-state index in [-0.39, 0.29) is 18.1 Å². The molecule has 1 fully saturated rings. The van der Waals surface area contributed by atoms with Crippen LogP contribution in [0.1, 0.15) is 32.3 Å². The first-order valence-corrected chi connectivity index (χ1v) is 6.91. The maximum atomic E-state index is 11.9. The van der Waals surface area contributed by atoms with E-state index in [0.29, 0.717) is 0 Å². The number of alkyl carbamates (subject to hydrolysis) is 1. The summed E-state index contributed by atoms with van der Waals surface area (Å²) in [6.07, 6.45) is -0.369. The number of carbonyl (C=O) groups is 1. The largest absolute Gasteiger partial charge is 0.444 e.